The van der Waals surface area contributed by atoms with Crippen LogP contribution in [0.4, 0.5) is 5.69 Å². The largest absolute Gasteiger partial charge is 0.481 e. The Labute approximate surface area is 125 Å². The number of aliphatic carboxylic acids is 1. The van der Waals surface area contributed by atoms with E-state index in [9.17, 15) is 13.2 Å². The van der Waals surface area contributed by atoms with Crippen molar-refractivity contribution >= 4 is 21.7 Å². The molecule has 0 bridgehead atoms. The van der Waals surface area contributed by atoms with E-state index in [0.717, 1.165) is 0 Å². The van der Waals surface area contributed by atoms with E-state index in [1.165, 1.54) is 12.1 Å². The van der Waals surface area contributed by atoms with E-state index in [-0.39, 0.29) is 10.9 Å². The van der Waals surface area contributed by atoms with Gasteiger partial charge >= 0.3 is 5.97 Å². The fraction of sp³-hybridized carbons (Fsp3) is 0.500. The Kier molecular flexibility index (Phi) is 6.17. The van der Waals surface area contributed by atoms with Gasteiger partial charge in [0.25, 0.3) is 0 Å². The van der Waals surface area contributed by atoms with E-state index in [2.05, 4.69) is 10.0 Å². The highest BCUT2D eigenvalue weighted by Gasteiger charge is 2.16. The van der Waals surface area contributed by atoms with Crippen LogP contribution in [-0.2, 0) is 14.8 Å². The number of hydrogen-bond donors (Lipinski definition) is 3. The van der Waals surface area contributed by atoms with E-state index in [1.54, 1.807) is 26.0 Å². The molecule has 0 fully saturated rings. The van der Waals surface area contributed by atoms with Crippen LogP contribution in [0, 0.1) is 5.92 Å². The molecule has 118 valence electrons. The Morgan fingerprint density at radius 2 is 1.81 bits per heavy atom. The zero-order chi connectivity index (χ0) is 16.0. The summed E-state index contributed by atoms with van der Waals surface area (Å²) in [7, 11) is -3.50. The van der Waals surface area contributed by atoms with Crippen molar-refractivity contribution < 1.29 is 18.3 Å². The standard InChI is InChI=1S/C14H22N2O4S/c1-4-11(14(17)18)9-15-12-5-7-13(8-6-12)21(19,20)16-10(2)3/h5-8,10-11,15-16H,4,9H2,1-3H3,(H,17,18). The summed E-state index contributed by atoms with van der Waals surface area (Å²) >= 11 is 0. The summed E-state index contributed by atoms with van der Waals surface area (Å²) in [6, 6.07) is 6.07. The van der Waals surface area contributed by atoms with Gasteiger partial charge in [-0.25, -0.2) is 13.1 Å². The lowest BCUT2D eigenvalue weighted by Gasteiger charge is -2.13. The van der Waals surface area contributed by atoms with E-state index in [4.69, 9.17) is 5.11 Å². The van der Waals surface area contributed by atoms with Crippen LogP contribution in [-0.4, -0.2) is 32.1 Å². The zero-order valence-electron chi connectivity index (χ0n) is 12.5. The summed E-state index contributed by atoms with van der Waals surface area (Å²) in [4.78, 5) is 11.1. The molecule has 0 saturated carbocycles. The molecular weight excluding hydrogens is 292 g/mol. The van der Waals surface area contributed by atoms with Gasteiger partial charge in [-0.1, -0.05) is 6.92 Å². The predicted molar refractivity (Wildman–Crippen MR) is 81.8 cm³/mol. The van der Waals surface area contributed by atoms with E-state index >= 15 is 0 Å². The predicted octanol–water partition coefficient (Wildman–Crippen LogP) is 1.90. The molecule has 1 atom stereocenters. The lowest BCUT2D eigenvalue weighted by molar-refractivity contribution is -0.141. The normalized spacial score (nSPS) is 13.1. The lowest BCUT2D eigenvalue weighted by atomic mass is 10.1. The Balaban J connectivity index is 2.73. The van der Waals surface area contributed by atoms with Crippen LogP contribution >= 0.6 is 0 Å². The summed E-state index contributed by atoms with van der Waals surface area (Å²) in [6.45, 7) is 5.63. The van der Waals surface area contributed by atoms with Gasteiger partial charge in [0.05, 0.1) is 10.8 Å². The number of carbonyl (C=O) groups is 1. The SMILES string of the molecule is CCC(CNc1ccc(S(=O)(=O)NC(C)C)cc1)C(=O)O. The Morgan fingerprint density at radius 3 is 2.24 bits per heavy atom. The maximum absolute atomic E-state index is 11.9. The number of anilines is 1. The molecule has 21 heavy (non-hydrogen) atoms. The minimum absolute atomic E-state index is 0.173. The summed E-state index contributed by atoms with van der Waals surface area (Å²) in [5, 5.41) is 12.0. The molecule has 1 rings (SSSR count). The zero-order valence-corrected chi connectivity index (χ0v) is 13.3. The first-order valence-corrected chi connectivity index (χ1v) is 8.33. The molecule has 0 aliphatic heterocycles. The Morgan fingerprint density at radius 1 is 1.24 bits per heavy atom. The third kappa shape index (κ3) is 5.35. The molecule has 0 amide bonds. The van der Waals surface area contributed by atoms with Gasteiger partial charge in [0, 0.05) is 18.3 Å². The molecule has 1 aromatic carbocycles. The maximum Gasteiger partial charge on any atom is 0.308 e. The highest BCUT2D eigenvalue weighted by atomic mass is 32.2. The molecule has 6 nitrogen and oxygen atoms in total. The third-order valence-electron chi connectivity index (χ3n) is 2.95. The van der Waals surface area contributed by atoms with Crippen LogP contribution in [0.25, 0.3) is 0 Å². The molecule has 0 radical (unpaired) electrons. The van der Waals surface area contributed by atoms with Crippen LogP contribution < -0.4 is 10.0 Å². The number of hydrogen-bond acceptors (Lipinski definition) is 4. The van der Waals surface area contributed by atoms with Gasteiger partial charge in [0.2, 0.25) is 10.0 Å². The highest BCUT2D eigenvalue weighted by Crippen LogP contribution is 2.15. The fourth-order valence-electron chi connectivity index (χ4n) is 1.78. The first-order valence-electron chi connectivity index (χ1n) is 6.85. The van der Waals surface area contributed by atoms with Crippen molar-refractivity contribution in [1.29, 1.82) is 0 Å². The van der Waals surface area contributed by atoms with Crippen LogP contribution in [0.3, 0.4) is 0 Å². The van der Waals surface area contributed by atoms with Crippen molar-refractivity contribution in [3.05, 3.63) is 24.3 Å². The van der Waals surface area contributed by atoms with Crippen molar-refractivity contribution in [2.24, 2.45) is 5.92 Å². The van der Waals surface area contributed by atoms with Crippen LogP contribution in [0.5, 0.6) is 0 Å². The first-order chi connectivity index (χ1) is 9.76. The quantitative estimate of drug-likeness (QED) is 0.681. The number of nitrogens with one attached hydrogen (secondary N) is 2. The molecule has 0 heterocycles. The highest BCUT2D eigenvalue weighted by molar-refractivity contribution is 7.89. The molecule has 0 spiro atoms. The minimum atomic E-state index is -3.50. The maximum atomic E-state index is 11.9. The second-order valence-corrected chi connectivity index (χ2v) is 6.84. The summed E-state index contributed by atoms with van der Waals surface area (Å²) < 4.78 is 26.4. The average Bonchev–Trinajstić information content (AvgIpc) is 2.38. The first kappa shape index (κ1) is 17.5. The second-order valence-electron chi connectivity index (χ2n) is 5.12. The molecule has 0 saturated heterocycles. The van der Waals surface area contributed by atoms with E-state index < -0.39 is 21.9 Å². The van der Waals surface area contributed by atoms with Gasteiger partial charge in [0.1, 0.15) is 0 Å². The van der Waals surface area contributed by atoms with Gasteiger partial charge in [-0.15, -0.1) is 0 Å². The van der Waals surface area contributed by atoms with Gasteiger partial charge in [-0.2, -0.15) is 0 Å². The van der Waals surface area contributed by atoms with Gasteiger partial charge in [-0.05, 0) is 44.5 Å². The summed E-state index contributed by atoms with van der Waals surface area (Å²) in [6.07, 6.45) is 0.535. The van der Waals surface area contributed by atoms with Crippen molar-refractivity contribution in [3.63, 3.8) is 0 Å². The molecule has 1 unspecified atom stereocenters. The number of rotatable bonds is 8. The third-order valence-corrected chi connectivity index (χ3v) is 4.62. The van der Waals surface area contributed by atoms with Crippen LogP contribution in [0.15, 0.2) is 29.2 Å². The number of benzene rings is 1. The summed E-state index contributed by atoms with van der Waals surface area (Å²) in [5.41, 5.74) is 0.693. The number of carboxylic acids is 1. The lowest BCUT2D eigenvalue weighted by Crippen LogP contribution is -2.30. The molecule has 0 aliphatic carbocycles. The fourth-order valence-corrected chi connectivity index (χ4v) is 3.03. The van der Waals surface area contributed by atoms with E-state index in [0.29, 0.717) is 18.7 Å². The Bertz CT molecular complexity index is 567. The van der Waals surface area contributed by atoms with Crippen molar-refractivity contribution in [2.45, 2.75) is 38.1 Å². The molecule has 7 heteroatoms. The molecule has 3 N–H and O–H groups in total. The monoisotopic (exact) mass is 314 g/mol. The summed E-state index contributed by atoms with van der Waals surface area (Å²) in [5.74, 6) is -1.30. The molecule has 1 aromatic rings. The minimum Gasteiger partial charge on any atom is -0.481 e. The molecule has 0 aliphatic rings. The topological polar surface area (TPSA) is 95.5 Å². The molecule has 0 aromatic heterocycles. The number of sulfonamides is 1. The second kappa shape index (κ2) is 7.42. The average molecular weight is 314 g/mol. The van der Waals surface area contributed by atoms with Crippen molar-refractivity contribution in [3.8, 4) is 0 Å². The smallest absolute Gasteiger partial charge is 0.308 e. The van der Waals surface area contributed by atoms with Crippen LogP contribution in [0.1, 0.15) is 27.2 Å². The van der Waals surface area contributed by atoms with Gasteiger partial charge < -0.3 is 10.4 Å². The Hall–Kier alpha value is -1.60. The van der Waals surface area contributed by atoms with Crippen LogP contribution in [0.2, 0.25) is 0 Å². The molecular formula is C14H22N2O4S. The van der Waals surface area contributed by atoms with Gasteiger partial charge in [0.15, 0.2) is 0 Å². The van der Waals surface area contributed by atoms with Gasteiger partial charge in [-0.3, -0.25) is 4.79 Å². The van der Waals surface area contributed by atoms with E-state index in [1.807, 2.05) is 6.92 Å². The number of carboxylic acid groups (broad SMARTS) is 1. The van der Waals surface area contributed by atoms with Crippen molar-refractivity contribution in [2.75, 3.05) is 11.9 Å². The van der Waals surface area contributed by atoms with Crippen molar-refractivity contribution in [1.82, 2.24) is 4.72 Å².